The van der Waals surface area contributed by atoms with Gasteiger partial charge in [-0.3, -0.25) is 4.79 Å². The first-order valence-corrected chi connectivity index (χ1v) is 14.6. The number of unbranched alkanes of at least 4 members (excludes halogenated alkanes) is 4. The van der Waals surface area contributed by atoms with Gasteiger partial charge in [0.05, 0.1) is 0 Å². The summed E-state index contributed by atoms with van der Waals surface area (Å²) in [5.41, 5.74) is 7.39. The Bertz CT molecular complexity index is 1020. The van der Waals surface area contributed by atoms with Crippen molar-refractivity contribution >= 4 is 5.97 Å². The van der Waals surface area contributed by atoms with Crippen molar-refractivity contribution in [3.05, 3.63) is 63.7 Å². The molecule has 0 amide bonds. The predicted molar refractivity (Wildman–Crippen MR) is 153 cm³/mol. The van der Waals surface area contributed by atoms with Crippen LogP contribution in [-0.4, -0.2) is 5.97 Å². The minimum atomic E-state index is -0.338. The molecule has 1 heterocycles. The van der Waals surface area contributed by atoms with E-state index >= 15 is 0 Å². The van der Waals surface area contributed by atoms with E-state index in [1.807, 2.05) is 0 Å². The number of aryl methyl sites for hydroxylation is 2. The van der Waals surface area contributed by atoms with Crippen molar-refractivity contribution in [3.63, 3.8) is 0 Å². The lowest BCUT2D eigenvalue weighted by Crippen LogP contribution is -2.21. The van der Waals surface area contributed by atoms with Crippen LogP contribution < -0.4 is 4.74 Å². The number of hydrogen-bond donors (Lipinski definition) is 0. The normalized spacial score (nSPS) is 15.8. The summed E-state index contributed by atoms with van der Waals surface area (Å²) in [5, 5.41) is 0. The maximum Gasteiger partial charge on any atom is 0.323 e. The number of benzene rings is 2. The van der Waals surface area contributed by atoms with Crippen LogP contribution in [0.2, 0.25) is 0 Å². The van der Waals surface area contributed by atoms with E-state index in [9.17, 15) is 4.79 Å². The van der Waals surface area contributed by atoms with E-state index in [1.54, 1.807) is 0 Å². The first kappa shape index (κ1) is 28.5. The highest BCUT2D eigenvalue weighted by Gasteiger charge is 2.40. The lowest BCUT2D eigenvalue weighted by atomic mass is 9.74. The lowest BCUT2D eigenvalue weighted by molar-refractivity contribution is -0.133. The van der Waals surface area contributed by atoms with Crippen LogP contribution in [0.15, 0.2) is 30.3 Å². The van der Waals surface area contributed by atoms with E-state index in [0.29, 0.717) is 0 Å². The van der Waals surface area contributed by atoms with Gasteiger partial charge in [-0.2, -0.15) is 0 Å². The van der Waals surface area contributed by atoms with E-state index in [-0.39, 0.29) is 22.7 Å². The minimum Gasteiger partial charge on any atom is -0.425 e. The topological polar surface area (TPSA) is 26.3 Å². The first-order valence-electron chi connectivity index (χ1n) is 14.6. The number of carbonyl (C=O) groups is 1. The molecule has 0 aromatic heterocycles. The Balaban J connectivity index is 2.16. The Labute approximate surface area is 221 Å². The standard InChI is InChI=1S/C34H50O2/c1-9-13-15-17-24-19-25(18-16-14-10-2)21-26(20-24)30-28-22-27(33(5,6)11-3)23-29(34(7,8)12-4)31(28)36-32(30)35/h19-23,30H,9-18H2,1-8H3. The quantitative estimate of drug-likeness (QED) is 0.159. The highest BCUT2D eigenvalue weighted by molar-refractivity contribution is 5.90. The van der Waals surface area contributed by atoms with Gasteiger partial charge in [-0.15, -0.1) is 0 Å². The van der Waals surface area contributed by atoms with Crippen molar-refractivity contribution in [2.45, 2.75) is 136 Å². The highest BCUT2D eigenvalue weighted by Crippen LogP contribution is 2.48. The summed E-state index contributed by atoms with van der Waals surface area (Å²) < 4.78 is 6.13. The van der Waals surface area contributed by atoms with Gasteiger partial charge in [-0.05, 0) is 71.6 Å². The maximum atomic E-state index is 13.6. The second-order valence-electron chi connectivity index (χ2n) is 12.3. The van der Waals surface area contributed by atoms with Gasteiger partial charge in [-0.1, -0.05) is 111 Å². The van der Waals surface area contributed by atoms with Crippen LogP contribution in [-0.2, 0) is 28.5 Å². The smallest absolute Gasteiger partial charge is 0.323 e. The summed E-state index contributed by atoms with van der Waals surface area (Å²) in [4.78, 5) is 13.6. The molecule has 0 saturated heterocycles. The predicted octanol–water partition coefficient (Wildman–Crippen LogP) is 9.58. The Hall–Kier alpha value is -2.09. The fourth-order valence-corrected chi connectivity index (χ4v) is 5.27. The molecule has 2 aromatic rings. The Morgan fingerprint density at radius 1 is 0.722 bits per heavy atom. The molecule has 1 atom stereocenters. The van der Waals surface area contributed by atoms with Crippen LogP contribution in [0.4, 0.5) is 0 Å². The van der Waals surface area contributed by atoms with Gasteiger partial charge >= 0.3 is 5.97 Å². The molecule has 2 aromatic carbocycles. The number of rotatable bonds is 13. The van der Waals surface area contributed by atoms with Crippen LogP contribution in [0.1, 0.15) is 146 Å². The molecule has 1 unspecified atom stereocenters. The summed E-state index contributed by atoms with van der Waals surface area (Å²) in [6, 6.07) is 11.6. The second kappa shape index (κ2) is 12.0. The molecule has 0 radical (unpaired) electrons. The molecule has 198 valence electrons. The fraction of sp³-hybridized carbons (Fsp3) is 0.618. The molecule has 0 N–H and O–H groups in total. The molecular formula is C34H50O2. The SMILES string of the molecule is CCCCCc1cc(CCCCC)cc(C2C(=O)Oc3c2cc(C(C)(C)CC)cc3C(C)(C)CC)c1. The molecule has 0 spiro atoms. The zero-order chi connectivity index (χ0) is 26.5. The zero-order valence-electron chi connectivity index (χ0n) is 24.4. The maximum absolute atomic E-state index is 13.6. The average Bonchev–Trinajstić information content (AvgIpc) is 3.19. The summed E-state index contributed by atoms with van der Waals surface area (Å²) in [6.45, 7) is 18.1. The van der Waals surface area contributed by atoms with Crippen molar-refractivity contribution in [2.24, 2.45) is 0 Å². The Morgan fingerprint density at radius 3 is 1.78 bits per heavy atom. The van der Waals surface area contributed by atoms with E-state index in [2.05, 4.69) is 85.7 Å². The summed E-state index contributed by atoms with van der Waals surface area (Å²) in [5.74, 6) is 0.362. The van der Waals surface area contributed by atoms with Gasteiger partial charge in [-0.25, -0.2) is 0 Å². The number of hydrogen-bond acceptors (Lipinski definition) is 2. The summed E-state index contributed by atoms with van der Waals surface area (Å²) in [6.07, 6.45) is 11.5. The molecule has 2 nitrogen and oxygen atoms in total. The molecule has 36 heavy (non-hydrogen) atoms. The van der Waals surface area contributed by atoms with Crippen LogP contribution in [0.3, 0.4) is 0 Å². The van der Waals surface area contributed by atoms with Crippen molar-refractivity contribution in [1.29, 1.82) is 0 Å². The molecule has 1 aliphatic rings. The van der Waals surface area contributed by atoms with E-state index in [4.69, 9.17) is 4.74 Å². The van der Waals surface area contributed by atoms with E-state index in [1.165, 1.54) is 60.8 Å². The molecular weight excluding hydrogens is 440 g/mol. The van der Waals surface area contributed by atoms with Gasteiger partial charge in [0.2, 0.25) is 0 Å². The van der Waals surface area contributed by atoms with Crippen molar-refractivity contribution in [3.8, 4) is 5.75 Å². The molecule has 0 aliphatic carbocycles. The Kier molecular flexibility index (Phi) is 9.47. The number of carbonyl (C=O) groups excluding carboxylic acids is 1. The zero-order valence-corrected chi connectivity index (χ0v) is 24.4. The van der Waals surface area contributed by atoms with Gasteiger partial charge in [0.15, 0.2) is 0 Å². The Morgan fingerprint density at radius 2 is 1.28 bits per heavy atom. The first-order chi connectivity index (χ1) is 17.1. The highest BCUT2D eigenvalue weighted by atomic mass is 16.5. The van der Waals surface area contributed by atoms with Crippen LogP contribution in [0, 0.1) is 0 Å². The molecule has 0 fully saturated rings. The monoisotopic (exact) mass is 490 g/mol. The molecule has 0 bridgehead atoms. The van der Waals surface area contributed by atoms with Gasteiger partial charge < -0.3 is 4.74 Å². The van der Waals surface area contributed by atoms with E-state index < -0.39 is 0 Å². The number of fused-ring (bicyclic) bond motifs is 1. The number of esters is 1. The third-order valence-corrected chi connectivity index (χ3v) is 8.69. The molecule has 3 rings (SSSR count). The molecule has 2 heteroatoms. The van der Waals surface area contributed by atoms with Crippen molar-refractivity contribution in [1.82, 2.24) is 0 Å². The summed E-state index contributed by atoms with van der Waals surface area (Å²) in [7, 11) is 0. The van der Waals surface area contributed by atoms with Crippen LogP contribution in [0.5, 0.6) is 5.75 Å². The van der Waals surface area contributed by atoms with Crippen LogP contribution >= 0.6 is 0 Å². The summed E-state index contributed by atoms with van der Waals surface area (Å²) >= 11 is 0. The largest absolute Gasteiger partial charge is 0.425 e. The average molecular weight is 491 g/mol. The third-order valence-electron chi connectivity index (χ3n) is 8.69. The van der Waals surface area contributed by atoms with Crippen molar-refractivity contribution < 1.29 is 9.53 Å². The van der Waals surface area contributed by atoms with Gasteiger partial charge in [0.1, 0.15) is 11.7 Å². The minimum absolute atomic E-state index is 0.0388. The molecule has 1 aliphatic heterocycles. The third kappa shape index (κ3) is 6.24. The lowest BCUT2D eigenvalue weighted by Gasteiger charge is -2.30. The van der Waals surface area contributed by atoms with Gasteiger partial charge in [0, 0.05) is 11.1 Å². The fourth-order valence-electron chi connectivity index (χ4n) is 5.27. The van der Waals surface area contributed by atoms with Crippen LogP contribution in [0.25, 0.3) is 0 Å². The van der Waals surface area contributed by atoms with Crippen molar-refractivity contribution in [2.75, 3.05) is 0 Å². The molecule has 0 saturated carbocycles. The number of ether oxygens (including phenoxy) is 1. The van der Waals surface area contributed by atoms with Gasteiger partial charge in [0.25, 0.3) is 0 Å². The van der Waals surface area contributed by atoms with E-state index in [0.717, 1.165) is 42.6 Å². The second-order valence-corrected chi connectivity index (χ2v) is 12.3.